The Kier molecular flexibility index (Phi) is 6.31. The minimum absolute atomic E-state index is 0.125. The lowest BCUT2D eigenvalue weighted by Crippen LogP contribution is -2.22. The number of hydrogen-bond donors (Lipinski definition) is 1. The molecule has 8 nitrogen and oxygen atoms in total. The Morgan fingerprint density at radius 1 is 0.912 bits per heavy atom. The topological polar surface area (TPSA) is 99.9 Å². The molecular formula is C26H22N2O6. The zero-order valence-corrected chi connectivity index (χ0v) is 18.8. The molecule has 4 aromatic rings. The smallest absolute Gasteiger partial charge is 0.335 e. The summed E-state index contributed by atoms with van der Waals surface area (Å²) in [7, 11) is 4.60. The van der Waals surface area contributed by atoms with Crippen molar-refractivity contribution >= 4 is 29.0 Å². The van der Waals surface area contributed by atoms with Gasteiger partial charge in [-0.2, -0.15) is 0 Å². The van der Waals surface area contributed by atoms with E-state index in [1.54, 1.807) is 54.6 Å². The standard InChI is InChI=1S/C26H22N2O6/c1-32-21-14-16(15-22(33-2)24(21)34-3)8-13-23-27-20-7-5-4-6-19(20)25(29)28(23)18-11-9-17(10-12-18)26(30)31/h4-15H,1-3H3,(H,30,31)/b13-8+. The van der Waals surface area contributed by atoms with E-state index in [2.05, 4.69) is 4.98 Å². The number of carboxylic acids is 1. The first-order valence-corrected chi connectivity index (χ1v) is 10.3. The van der Waals surface area contributed by atoms with Gasteiger partial charge in [-0.25, -0.2) is 9.78 Å². The largest absolute Gasteiger partial charge is 0.493 e. The normalized spacial score (nSPS) is 11.0. The fraction of sp³-hybridized carbons (Fsp3) is 0.115. The lowest BCUT2D eigenvalue weighted by atomic mass is 10.1. The summed E-state index contributed by atoms with van der Waals surface area (Å²) in [4.78, 5) is 29.3. The molecule has 0 fully saturated rings. The van der Waals surface area contributed by atoms with Crippen LogP contribution in [0.3, 0.4) is 0 Å². The molecule has 0 saturated carbocycles. The van der Waals surface area contributed by atoms with Crippen LogP contribution in [0, 0.1) is 0 Å². The van der Waals surface area contributed by atoms with Crippen LogP contribution in [0.2, 0.25) is 0 Å². The maximum absolute atomic E-state index is 13.4. The summed E-state index contributed by atoms with van der Waals surface area (Å²) in [6.07, 6.45) is 3.49. The summed E-state index contributed by atoms with van der Waals surface area (Å²) in [5.41, 5.74) is 1.65. The van der Waals surface area contributed by atoms with Crippen molar-refractivity contribution < 1.29 is 24.1 Å². The second kappa shape index (κ2) is 9.50. The Bertz CT molecular complexity index is 1430. The predicted molar refractivity (Wildman–Crippen MR) is 129 cm³/mol. The van der Waals surface area contributed by atoms with E-state index in [9.17, 15) is 14.7 Å². The molecule has 34 heavy (non-hydrogen) atoms. The van der Waals surface area contributed by atoms with Gasteiger partial charge in [0.1, 0.15) is 5.82 Å². The fourth-order valence-electron chi connectivity index (χ4n) is 3.63. The van der Waals surface area contributed by atoms with Crippen molar-refractivity contribution in [2.75, 3.05) is 21.3 Å². The van der Waals surface area contributed by atoms with E-state index in [1.807, 2.05) is 6.07 Å². The average Bonchev–Trinajstić information content (AvgIpc) is 2.86. The van der Waals surface area contributed by atoms with Gasteiger partial charge in [-0.3, -0.25) is 9.36 Å². The SMILES string of the molecule is COc1cc(/C=C/c2nc3ccccc3c(=O)n2-c2ccc(C(=O)O)cc2)cc(OC)c1OC. The van der Waals surface area contributed by atoms with Gasteiger partial charge in [0.2, 0.25) is 5.75 Å². The molecule has 0 saturated heterocycles. The van der Waals surface area contributed by atoms with E-state index < -0.39 is 5.97 Å². The first-order valence-electron chi connectivity index (χ1n) is 10.3. The van der Waals surface area contributed by atoms with Gasteiger partial charge >= 0.3 is 5.97 Å². The number of para-hydroxylation sites is 1. The number of aromatic carboxylic acids is 1. The summed E-state index contributed by atoms with van der Waals surface area (Å²) in [6.45, 7) is 0. The molecule has 0 atom stereocenters. The maximum atomic E-state index is 13.4. The molecule has 1 heterocycles. The van der Waals surface area contributed by atoms with Crippen molar-refractivity contribution in [3.63, 3.8) is 0 Å². The quantitative estimate of drug-likeness (QED) is 0.441. The molecule has 0 aliphatic heterocycles. The van der Waals surface area contributed by atoms with Crippen LogP contribution < -0.4 is 19.8 Å². The van der Waals surface area contributed by atoms with Crippen LogP contribution in [0.4, 0.5) is 0 Å². The molecule has 4 rings (SSSR count). The van der Waals surface area contributed by atoms with Crippen LogP contribution in [0.1, 0.15) is 21.7 Å². The number of fused-ring (bicyclic) bond motifs is 1. The van der Waals surface area contributed by atoms with E-state index in [0.29, 0.717) is 39.7 Å². The van der Waals surface area contributed by atoms with Crippen LogP contribution in [-0.2, 0) is 0 Å². The lowest BCUT2D eigenvalue weighted by molar-refractivity contribution is 0.0697. The Balaban J connectivity index is 1.89. The van der Waals surface area contributed by atoms with Crippen LogP contribution in [0.25, 0.3) is 28.7 Å². The van der Waals surface area contributed by atoms with Gasteiger partial charge < -0.3 is 19.3 Å². The van der Waals surface area contributed by atoms with Gasteiger partial charge in [0, 0.05) is 0 Å². The van der Waals surface area contributed by atoms with E-state index in [0.717, 1.165) is 5.56 Å². The Morgan fingerprint density at radius 3 is 2.15 bits per heavy atom. The lowest BCUT2D eigenvalue weighted by Gasteiger charge is -2.13. The number of carboxylic acid groups (broad SMARTS) is 1. The number of nitrogens with zero attached hydrogens (tertiary/aromatic N) is 2. The minimum Gasteiger partial charge on any atom is -0.493 e. The molecule has 0 radical (unpaired) electrons. The number of carbonyl (C=O) groups is 1. The highest BCUT2D eigenvalue weighted by Gasteiger charge is 2.14. The van der Waals surface area contributed by atoms with Crippen molar-refractivity contribution in [2.24, 2.45) is 0 Å². The van der Waals surface area contributed by atoms with Crippen LogP contribution in [0.15, 0.2) is 65.5 Å². The zero-order valence-electron chi connectivity index (χ0n) is 18.8. The number of hydrogen-bond acceptors (Lipinski definition) is 6. The number of aromatic nitrogens is 2. The van der Waals surface area contributed by atoms with Crippen LogP contribution in [-0.4, -0.2) is 42.0 Å². The Hall–Kier alpha value is -4.59. The second-order valence-electron chi connectivity index (χ2n) is 7.27. The molecule has 0 bridgehead atoms. The highest BCUT2D eigenvalue weighted by Crippen LogP contribution is 2.38. The summed E-state index contributed by atoms with van der Waals surface area (Å²) >= 11 is 0. The first kappa shape index (κ1) is 22.6. The number of methoxy groups -OCH3 is 3. The van der Waals surface area contributed by atoms with Gasteiger partial charge in [0.25, 0.3) is 5.56 Å². The number of benzene rings is 3. The third-order valence-electron chi connectivity index (χ3n) is 5.29. The van der Waals surface area contributed by atoms with Crippen molar-refractivity contribution in [3.05, 3.63) is 88.0 Å². The molecule has 3 aromatic carbocycles. The number of rotatable bonds is 7. The van der Waals surface area contributed by atoms with E-state index in [-0.39, 0.29) is 11.1 Å². The number of ether oxygens (including phenoxy) is 3. The van der Waals surface area contributed by atoms with Crippen molar-refractivity contribution in [2.45, 2.75) is 0 Å². The Labute approximate surface area is 195 Å². The first-order chi connectivity index (χ1) is 16.5. The fourth-order valence-corrected chi connectivity index (χ4v) is 3.63. The Morgan fingerprint density at radius 2 is 1.56 bits per heavy atom. The third kappa shape index (κ3) is 4.21. The van der Waals surface area contributed by atoms with Crippen LogP contribution in [0.5, 0.6) is 17.2 Å². The molecule has 1 aromatic heterocycles. The summed E-state index contributed by atoms with van der Waals surface area (Å²) in [5, 5.41) is 9.66. The molecule has 0 unspecified atom stereocenters. The van der Waals surface area contributed by atoms with Crippen LogP contribution >= 0.6 is 0 Å². The van der Waals surface area contributed by atoms with Gasteiger partial charge in [0.15, 0.2) is 11.5 Å². The molecule has 8 heteroatoms. The van der Waals surface area contributed by atoms with Gasteiger partial charge in [0.05, 0.1) is 43.5 Å². The van der Waals surface area contributed by atoms with E-state index in [1.165, 1.54) is 38.0 Å². The van der Waals surface area contributed by atoms with Crippen molar-refractivity contribution in [1.29, 1.82) is 0 Å². The highest BCUT2D eigenvalue weighted by atomic mass is 16.5. The molecule has 0 aliphatic rings. The maximum Gasteiger partial charge on any atom is 0.335 e. The summed E-state index contributed by atoms with van der Waals surface area (Å²) in [6, 6.07) is 16.7. The third-order valence-corrected chi connectivity index (χ3v) is 5.29. The van der Waals surface area contributed by atoms with Gasteiger partial charge in [-0.05, 0) is 60.2 Å². The van der Waals surface area contributed by atoms with E-state index in [4.69, 9.17) is 14.2 Å². The summed E-state index contributed by atoms with van der Waals surface area (Å²) < 4.78 is 17.6. The summed E-state index contributed by atoms with van der Waals surface area (Å²) in [5.74, 6) is 0.796. The molecule has 172 valence electrons. The average molecular weight is 458 g/mol. The van der Waals surface area contributed by atoms with Crippen molar-refractivity contribution in [3.8, 4) is 22.9 Å². The highest BCUT2D eigenvalue weighted by molar-refractivity contribution is 5.88. The van der Waals surface area contributed by atoms with Crippen molar-refractivity contribution in [1.82, 2.24) is 9.55 Å². The molecule has 1 N–H and O–H groups in total. The van der Waals surface area contributed by atoms with E-state index >= 15 is 0 Å². The molecular weight excluding hydrogens is 436 g/mol. The monoisotopic (exact) mass is 458 g/mol. The molecule has 0 spiro atoms. The van der Waals surface area contributed by atoms with Gasteiger partial charge in [-0.1, -0.05) is 18.2 Å². The molecule has 0 amide bonds. The van der Waals surface area contributed by atoms with Gasteiger partial charge in [-0.15, -0.1) is 0 Å². The zero-order chi connectivity index (χ0) is 24.2. The predicted octanol–water partition coefficient (Wildman–Crippen LogP) is 4.28. The second-order valence-corrected chi connectivity index (χ2v) is 7.27. The minimum atomic E-state index is -1.04. The molecule has 0 aliphatic carbocycles.